The van der Waals surface area contributed by atoms with Crippen molar-refractivity contribution in [2.75, 3.05) is 17.6 Å². The molecule has 2 atom stereocenters. The van der Waals surface area contributed by atoms with E-state index in [1.807, 2.05) is 6.92 Å². The highest BCUT2D eigenvalue weighted by Crippen LogP contribution is 2.23. The van der Waals surface area contributed by atoms with E-state index < -0.39 is 26.5 Å². The maximum absolute atomic E-state index is 12.7. The van der Waals surface area contributed by atoms with Crippen LogP contribution >= 0.6 is 39.3 Å². The third-order valence-corrected chi connectivity index (χ3v) is 8.45. The molecule has 1 saturated heterocycles. The van der Waals surface area contributed by atoms with Gasteiger partial charge >= 0.3 is 0 Å². The SMILES string of the molecule is Cc1ccc(NC(=O)CSC2NCC(S(=O)(=O)c3ccc(Br)cc3)C(=O)N2)cc1Cl. The van der Waals surface area contributed by atoms with Gasteiger partial charge in [0.15, 0.2) is 15.1 Å². The van der Waals surface area contributed by atoms with Crippen molar-refractivity contribution < 1.29 is 18.0 Å². The zero-order valence-corrected chi connectivity index (χ0v) is 19.8. The number of sulfone groups is 1. The first-order valence-corrected chi connectivity index (χ1v) is 12.6. The fourth-order valence-electron chi connectivity index (χ4n) is 2.75. The Morgan fingerprint density at radius 2 is 1.97 bits per heavy atom. The van der Waals surface area contributed by atoms with E-state index in [4.69, 9.17) is 11.6 Å². The summed E-state index contributed by atoms with van der Waals surface area (Å²) >= 11 is 10.5. The average Bonchev–Trinajstić information content (AvgIpc) is 2.69. The predicted octanol–water partition coefficient (Wildman–Crippen LogP) is 2.93. The molecule has 160 valence electrons. The van der Waals surface area contributed by atoms with Gasteiger partial charge in [-0.2, -0.15) is 0 Å². The molecule has 1 heterocycles. The maximum atomic E-state index is 12.7. The van der Waals surface area contributed by atoms with Crippen molar-refractivity contribution >= 4 is 66.6 Å². The highest BCUT2D eigenvalue weighted by Gasteiger charge is 2.38. The summed E-state index contributed by atoms with van der Waals surface area (Å²) in [4.78, 5) is 24.7. The van der Waals surface area contributed by atoms with E-state index in [0.717, 1.165) is 21.8 Å². The van der Waals surface area contributed by atoms with Gasteiger partial charge < -0.3 is 10.6 Å². The molecule has 0 saturated carbocycles. The molecule has 1 aliphatic rings. The normalized spacial score (nSPS) is 19.2. The zero-order valence-electron chi connectivity index (χ0n) is 15.8. The van der Waals surface area contributed by atoms with Crippen molar-refractivity contribution in [3.63, 3.8) is 0 Å². The number of nitrogens with one attached hydrogen (secondary N) is 3. The predicted molar refractivity (Wildman–Crippen MR) is 122 cm³/mol. The van der Waals surface area contributed by atoms with Gasteiger partial charge in [0.05, 0.1) is 10.6 Å². The monoisotopic (exact) mass is 531 g/mol. The summed E-state index contributed by atoms with van der Waals surface area (Å²) in [6, 6.07) is 11.4. The zero-order chi connectivity index (χ0) is 21.9. The summed E-state index contributed by atoms with van der Waals surface area (Å²) in [6.07, 6.45) is 0. The van der Waals surface area contributed by atoms with Crippen molar-refractivity contribution in [3.05, 3.63) is 57.5 Å². The summed E-state index contributed by atoms with van der Waals surface area (Å²) in [6.45, 7) is 1.82. The second-order valence-corrected chi connectivity index (χ2v) is 11.2. The number of amides is 2. The fourth-order valence-corrected chi connectivity index (χ4v) is 5.50. The molecule has 7 nitrogen and oxygen atoms in total. The Bertz CT molecular complexity index is 1060. The summed E-state index contributed by atoms with van der Waals surface area (Å²) in [5.74, 6) is -0.798. The Kier molecular flexibility index (Phi) is 7.46. The van der Waals surface area contributed by atoms with Crippen molar-refractivity contribution in [3.8, 4) is 0 Å². The van der Waals surface area contributed by atoms with Gasteiger partial charge in [0, 0.05) is 21.7 Å². The minimum Gasteiger partial charge on any atom is -0.331 e. The van der Waals surface area contributed by atoms with Crippen LogP contribution in [0.4, 0.5) is 5.69 Å². The number of carbonyl (C=O) groups excluding carboxylic acids is 2. The molecule has 3 rings (SSSR count). The Morgan fingerprint density at radius 1 is 1.27 bits per heavy atom. The number of benzene rings is 2. The van der Waals surface area contributed by atoms with Crippen molar-refractivity contribution in [2.45, 2.75) is 22.6 Å². The summed E-state index contributed by atoms with van der Waals surface area (Å²) in [5, 5.41) is 7.63. The third kappa shape index (κ3) is 5.55. The topological polar surface area (TPSA) is 104 Å². The van der Waals surface area contributed by atoms with Crippen LogP contribution in [-0.2, 0) is 19.4 Å². The van der Waals surface area contributed by atoms with Crippen LogP contribution in [0.1, 0.15) is 5.56 Å². The summed E-state index contributed by atoms with van der Waals surface area (Å²) < 4.78 is 26.2. The largest absolute Gasteiger partial charge is 0.331 e. The van der Waals surface area contributed by atoms with E-state index in [9.17, 15) is 18.0 Å². The lowest BCUT2D eigenvalue weighted by Gasteiger charge is -2.29. The van der Waals surface area contributed by atoms with E-state index in [1.54, 1.807) is 30.3 Å². The first-order chi connectivity index (χ1) is 14.2. The van der Waals surface area contributed by atoms with E-state index in [-0.39, 0.29) is 23.1 Å². The molecule has 2 amide bonds. The second-order valence-electron chi connectivity index (χ2n) is 6.61. The van der Waals surface area contributed by atoms with Gasteiger partial charge in [-0.15, -0.1) is 11.8 Å². The lowest BCUT2D eigenvalue weighted by Crippen LogP contribution is -2.59. The van der Waals surface area contributed by atoms with Gasteiger partial charge in [0.2, 0.25) is 11.8 Å². The fraction of sp³-hybridized carbons (Fsp3) is 0.263. The van der Waals surface area contributed by atoms with Gasteiger partial charge in [-0.25, -0.2) is 8.42 Å². The van der Waals surface area contributed by atoms with Crippen LogP contribution < -0.4 is 16.0 Å². The van der Waals surface area contributed by atoms with E-state index in [0.29, 0.717) is 10.7 Å². The minimum absolute atomic E-state index is 0.0446. The van der Waals surface area contributed by atoms with Gasteiger partial charge in [-0.3, -0.25) is 14.9 Å². The van der Waals surface area contributed by atoms with Crippen molar-refractivity contribution in [1.29, 1.82) is 0 Å². The van der Waals surface area contributed by atoms with Crippen LogP contribution in [-0.4, -0.2) is 43.3 Å². The molecular formula is C19H19BrClN3O4S2. The second kappa shape index (κ2) is 9.69. The molecule has 0 aliphatic carbocycles. The molecule has 2 aromatic rings. The number of rotatable bonds is 6. The van der Waals surface area contributed by atoms with Gasteiger partial charge in [0.25, 0.3) is 0 Å². The maximum Gasteiger partial charge on any atom is 0.241 e. The molecule has 0 bridgehead atoms. The van der Waals surface area contributed by atoms with Crippen LogP contribution in [0.3, 0.4) is 0 Å². The van der Waals surface area contributed by atoms with Gasteiger partial charge in [-0.1, -0.05) is 33.6 Å². The standard InChI is InChI=1S/C19H19BrClN3O4S2/c1-11-2-5-13(8-15(11)21)23-17(25)10-29-19-22-9-16(18(26)24-19)30(27,28)14-6-3-12(20)4-7-14/h2-8,16,19,22H,9-10H2,1H3,(H,23,25)(H,24,26). The molecule has 30 heavy (non-hydrogen) atoms. The molecule has 1 aliphatic heterocycles. The summed E-state index contributed by atoms with van der Waals surface area (Å²) in [7, 11) is -3.83. The average molecular weight is 533 g/mol. The first kappa shape index (κ1) is 23.1. The number of hydrogen-bond acceptors (Lipinski definition) is 6. The molecule has 1 fully saturated rings. The number of thioether (sulfide) groups is 1. The van der Waals surface area contributed by atoms with Gasteiger partial charge in [-0.05, 0) is 48.9 Å². The Balaban J connectivity index is 1.54. The minimum atomic E-state index is -3.83. The number of hydrogen-bond donors (Lipinski definition) is 3. The van der Waals surface area contributed by atoms with Crippen molar-refractivity contribution in [1.82, 2.24) is 10.6 Å². The highest BCUT2D eigenvalue weighted by atomic mass is 79.9. The van der Waals surface area contributed by atoms with Crippen LogP contribution in [0.2, 0.25) is 5.02 Å². The smallest absolute Gasteiger partial charge is 0.241 e. The number of carbonyl (C=O) groups is 2. The van der Waals surface area contributed by atoms with E-state index >= 15 is 0 Å². The molecule has 0 aromatic heterocycles. The van der Waals surface area contributed by atoms with Crippen LogP contribution in [0.25, 0.3) is 0 Å². The Morgan fingerprint density at radius 3 is 2.60 bits per heavy atom. The van der Waals surface area contributed by atoms with Crippen LogP contribution in [0.5, 0.6) is 0 Å². The Labute approximate surface area is 192 Å². The molecule has 2 aromatic carbocycles. The highest BCUT2D eigenvalue weighted by molar-refractivity contribution is 9.10. The molecule has 3 N–H and O–H groups in total. The molecule has 2 unspecified atom stereocenters. The Hall–Kier alpha value is -1.59. The number of aryl methyl sites for hydroxylation is 1. The van der Waals surface area contributed by atoms with Crippen molar-refractivity contribution in [2.24, 2.45) is 0 Å². The third-order valence-electron chi connectivity index (χ3n) is 4.41. The number of anilines is 1. The van der Waals surface area contributed by atoms with E-state index in [2.05, 4.69) is 31.9 Å². The van der Waals surface area contributed by atoms with Crippen LogP contribution in [0.15, 0.2) is 51.8 Å². The van der Waals surface area contributed by atoms with Crippen LogP contribution in [0, 0.1) is 6.92 Å². The molecule has 11 heteroatoms. The molecular weight excluding hydrogens is 514 g/mol. The summed E-state index contributed by atoms with van der Waals surface area (Å²) in [5.41, 5.74) is 0.921. The first-order valence-electron chi connectivity index (χ1n) is 8.87. The lowest BCUT2D eigenvalue weighted by molar-refractivity contribution is -0.122. The molecule has 0 radical (unpaired) electrons. The number of halogens is 2. The molecule has 0 spiro atoms. The lowest BCUT2D eigenvalue weighted by atomic mass is 10.2. The van der Waals surface area contributed by atoms with Gasteiger partial charge in [0.1, 0.15) is 5.50 Å². The quantitative estimate of drug-likeness (QED) is 0.528. The van der Waals surface area contributed by atoms with E-state index in [1.165, 1.54) is 12.1 Å².